The molecule has 0 radical (unpaired) electrons. The van der Waals surface area contributed by atoms with Gasteiger partial charge in [-0.25, -0.2) is 0 Å². The fraction of sp³-hybridized carbons (Fsp3) is 0.429. The zero-order valence-corrected chi connectivity index (χ0v) is 11.2. The van der Waals surface area contributed by atoms with Gasteiger partial charge in [-0.2, -0.15) is 4.98 Å². The summed E-state index contributed by atoms with van der Waals surface area (Å²) in [5, 5.41) is 13.8. The third-order valence-corrected chi connectivity index (χ3v) is 3.45. The number of benzene rings is 1. The van der Waals surface area contributed by atoms with Gasteiger partial charge in [-0.3, -0.25) is 0 Å². The second-order valence-corrected chi connectivity index (χ2v) is 4.73. The summed E-state index contributed by atoms with van der Waals surface area (Å²) < 4.78 is 15.6. The third kappa shape index (κ3) is 2.46. The Hall–Kier alpha value is -2.08. The standard InChI is InChI=1S/C14H16N2O4/c1-18-12-3-2-10(8-11(12)17)14-15-13(16-20-14)9-4-6-19-7-5-9/h2-3,8-9,17H,4-7H2,1H3. The van der Waals surface area contributed by atoms with Crippen molar-refractivity contribution in [3.63, 3.8) is 0 Å². The first kappa shape index (κ1) is 12.9. The number of phenols is 1. The molecule has 6 heteroatoms. The highest BCUT2D eigenvalue weighted by molar-refractivity contribution is 5.59. The number of nitrogens with zero attached hydrogens (tertiary/aromatic N) is 2. The van der Waals surface area contributed by atoms with Gasteiger partial charge in [0.05, 0.1) is 7.11 Å². The molecule has 0 unspecified atom stereocenters. The molecule has 20 heavy (non-hydrogen) atoms. The summed E-state index contributed by atoms with van der Waals surface area (Å²) >= 11 is 0. The smallest absolute Gasteiger partial charge is 0.258 e. The molecule has 0 aliphatic carbocycles. The molecular formula is C14H16N2O4. The van der Waals surface area contributed by atoms with Crippen molar-refractivity contribution in [2.75, 3.05) is 20.3 Å². The molecule has 1 aliphatic rings. The van der Waals surface area contributed by atoms with Crippen molar-refractivity contribution in [2.24, 2.45) is 0 Å². The Kier molecular flexibility index (Phi) is 3.56. The zero-order chi connectivity index (χ0) is 13.9. The van der Waals surface area contributed by atoms with Crippen molar-refractivity contribution >= 4 is 0 Å². The number of aromatic hydroxyl groups is 1. The molecule has 0 bridgehead atoms. The molecule has 1 fully saturated rings. The van der Waals surface area contributed by atoms with Crippen molar-refractivity contribution in [3.8, 4) is 23.0 Å². The molecule has 3 rings (SSSR count). The lowest BCUT2D eigenvalue weighted by Crippen LogP contribution is -2.15. The highest BCUT2D eigenvalue weighted by Gasteiger charge is 2.22. The van der Waals surface area contributed by atoms with E-state index in [-0.39, 0.29) is 11.7 Å². The first-order valence-electron chi connectivity index (χ1n) is 6.56. The van der Waals surface area contributed by atoms with Gasteiger partial charge in [0.2, 0.25) is 0 Å². The maximum absolute atomic E-state index is 9.78. The van der Waals surface area contributed by atoms with E-state index in [9.17, 15) is 5.11 Å². The van der Waals surface area contributed by atoms with Gasteiger partial charge in [0, 0.05) is 24.7 Å². The predicted molar refractivity (Wildman–Crippen MR) is 70.7 cm³/mol. The molecule has 0 amide bonds. The SMILES string of the molecule is COc1ccc(-c2nc(C3CCOCC3)no2)cc1O. The molecule has 1 aromatic carbocycles. The minimum absolute atomic E-state index is 0.0517. The van der Waals surface area contributed by atoms with Crippen molar-refractivity contribution in [3.05, 3.63) is 24.0 Å². The van der Waals surface area contributed by atoms with Crippen LogP contribution in [0.3, 0.4) is 0 Å². The normalized spacial score (nSPS) is 16.2. The van der Waals surface area contributed by atoms with Crippen LogP contribution >= 0.6 is 0 Å². The summed E-state index contributed by atoms with van der Waals surface area (Å²) in [6.45, 7) is 1.47. The molecule has 2 aromatic rings. The van der Waals surface area contributed by atoms with E-state index in [1.807, 2.05) is 0 Å². The molecule has 1 aromatic heterocycles. The second kappa shape index (κ2) is 5.50. The zero-order valence-electron chi connectivity index (χ0n) is 11.2. The fourth-order valence-corrected chi connectivity index (χ4v) is 2.30. The average Bonchev–Trinajstić information content (AvgIpc) is 2.98. The van der Waals surface area contributed by atoms with Crippen molar-refractivity contribution in [1.29, 1.82) is 0 Å². The van der Waals surface area contributed by atoms with Crippen molar-refractivity contribution < 1.29 is 19.1 Å². The van der Waals surface area contributed by atoms with Crippen LogP contribution in [0.15, 0.2) is 22.7 Å². The van der Waals surface area contributed by atoms with Crippen LogP contribution in [0.4, 0.5) is 0 Å². The van der Waals surface area contributed by atoms with Gasteiger partial charge >= 0.3 is 0 Å². The molecule has 2 heterocycles. The maximum atomic E-state index is 9.78. The van der Waals surface area contributed by atoms with E-state index in [1.165, 1.54) is 7.11 Å². The number of methoxy groups -OCH3 is 1. The monoisotopic (exact) mass is 276 g/mol. The van der Waals surface area contributed by atoms with Gasteiger partial charge in [-0.1, -0.05) is 5.16 Å². The summed E-state index contributed by atoms with van der Waals surface area (Å²) in [7, 11) is 1.50. The highest BCUT2D eigenvalue weighted by Crippen LogP contribution is 2.32. The Morgan fingerprint density at radius 1 is 1.30 bits per heavy atom. The molecule has 1 N–H and O–H groups in total. The molecule has 106 valence electrons. The second-order valence-electron chi connectivity index (χ2n) is 4.73. The summed E-state index contributed by atoms with van der Waals surface area (Å²) in [5.74, 6) is 1.87. The predicted octanol–water partition coefficient (Wildman–Crippen LogP) is 2.34. The minimum atomic E-state index is 0.0517. The topological polar surface area (TPSA) is 77.6 Å². The number of ether oxygens (including phenoxy) is 2. The van der Waals surface area contributed by atoms with Crippen LogP contribution < -0.4 is 4.74 Å². The van der Waals surface area contributed by atoms with E-state index in [4.69, 9.17) is 14.0 Å². The van der Waals surface area contributed by atoms with Gasteiger partial charge < -0.3 is 19.1 Å². The number of rotatable bonds is 3. The van der Waals surface area contributed by atoms with E-state index in [1.54, 1.807) is 18.2 Å². The Labute approximate surface area is 116 Å². The fourth-order valence-electron chi connectivity index (χ4n) is 2.30. The lowest BCUT2D eigenvalue weighted by atomic mass is 10.00. The van der Waals surface area contributed by atoms with Gasteiger partial charge in [0.25, 0.3) is 5.89 Å². The molecule has 0 saturated carbocycles. The van der Waals surface area contributed by atoms with Crippen LogP contribution in [0, 0.1) is 0 Å². The Morgan fingerprint density at radius 3 is 2.80 bits per heavy atom. The largest absolute Gasteiger partial charge is 0.504 e. The molecule has 1 aliphatic heterocycles. The molecule has 1 saturated heterocycles. The molecule has 0 spiro atoms. The molecular weight excluding hydrogens is 260 g/mol. The highest BCUT2D eigenvalue weighted by atomic mass is 16.5. The average molecular weight is 276 g/mol. The Balaban J connectivity index is 1.84. The lowest BCUT2D eigenvalue weighted by molar-refractivity contribution is 0.0830. The van der Waals surface area contributed by atoms with Crippen LogP contribution in [0.5, 0.6) is 11.5 Å². The van der Waals surface area contributed by atoms with E-state index < -0.39 is 0 Å². The quantitative estimate of drug-likeness (QED) is 0.927. The van der Waals surface area contributed by atoms with E-state index in [0.717, 1.165) is 26.1 Å². The first-order chi connectivity index (χ1) is 9.78. The van der Waals surface area contributed by atoms with Crippen molar-refractivity contribution in [2.45, 2.75) is 18.8 Å². The van der Waals surface area contributed by atoms with E-state index in [2.05, 4.69) is 10.1 Å². The Bertz CT molecular complexity index is 591. The van der Waals surface area contributed by atoms with Gasteiger partial charge in [0.1, 0.15) is 0 Å². The van der Waals surface area contributed by atoms with Gasteiger partial charge in [-0.15, -0.1) is 0 Å². The van der Waals surface area contributed by atoms with E-state index in [0.29, 0.717) is 23.0 Å². The van der Waals surface area contributed by atoms with Crippen LogP contribution in [0.25, 0.3) is 11.5 Å². The summed E-state index contributed by atoms with van der Waals surface area (Å²) in [6.07, 6.45) is 1.82. The molecule has 6 nitrogen and oxygen atoms in total. The number of aromatic nitrogens is 2. The number of hydrogen-bond acceptors (Lipinski definition) is 6. The van der Waals surface area contributed by atoms with E-state index >= 15 is 0 Å². The van der Waals surface area contributed by atoms with Crippen LogP contribution in [0.1, 0.15) is 24.6 Å². The summed E-state index contributed by atoms with van der Waals surface area (Å²) in [4.78, 5) is 4.42. The van der Waals surface area contributed by atoms with Gasteiger partial charge in [-0.05, 0) is 31.0 Å². The third-order valence-electron chi connectivity index (χ3n) is 3.45. The lowest BCUT2D eigenvalue weighted by Gasteiger charge is -2.18. The van der Waals surface area contributed by atoms with Crippen LogP contribution in [-0.2, 0) is 4.74 Å². The maximum Gasteiger partial charge on any atom is 0.258 e. The first-order valence-corrected chi connectivity index (χ1v) is 6.56. The minimum Gasteiger partial charge on any atom is -0.504 e. The Morgan fingerprint density at radius 2 is 2.10 bits per heavy atom. The number of hydrogen-bond donors (Lipinski definition) is 1. The van der Waals surface area contributed by atoms with Crippen LogP contribution in [-0.4, -0.2) is 35.6 Å². The number of phenolic OH excluding ortho intramolecular Hbond substituents is 1. The van der Waals surface area contributed by atoms with Gasteiger partial charge in [0.15, 0.2) is 17.3 Å². The van der Waals surface area contributed by atoms with Crippen molar-refractivity contribution in [1.82, 2.24) is 10.1 Å². The summed E-state index contributed by atoms with van der Waals surface area (Å²) in [5.41, 5.74) is 0.675. The van der Waals surface area contributed by atoms with Crippen LogP contribution in [0.2, 0.25) is 0 Å². The molecule has 0 atom stereocenters. The summed E-state index contributed by atoms with van der Waals surface area (Å²) in [6, 6.07) is 5.00.